The Balaban J connectivity index is 2.28. The number of imidazole rings is 1. The van der Waals surface area contributed by atoms with Crippen LogP contribution in [0.5, 0.6) is 0 Å². The van der Waals surface area contributed by atoms with E-state index in [0.717, 1.165) is 6.61 Å². The molecule has 1 aliphatic heterocycles. The first-order valence-electron chi connectivity index (χ1n) is 2.56. The van der Waals surface area contributed by atoms with Crippen LogP contribution in [0.1, 0.15) is 6.23 Å². The van der Waals surface area contributed by atoms with E-state index in [9.17, 15) is 0 Å². The number of ether oxygens (including phenoxy) is 1. The van der Waals surface area contributed by atoms with Gasteiger partial charge in [-0.05, 0) is 0 Å². The van der Waals surface area contributed by atoms with Gasteiger partial charge in [-0.2, -0.15) is 0 Å². The summed E-state index contributed by atoms with van der Waals surface area (Å²) in [5, 5.41) is 0. The molecule has 0 bridgehead atoms. The Hall–Kier alpha value is -0.830. The molecule has 0 amide bonds. The summed E-state index contributed by atoms with van der Waals surface area (Å²) in [6, 6.07) is 0. The van der Waals surface area contributed by atoms with Crippen LogP contribution >= 0.6 is 0 Å². The van der Waals surface area contributed by atoms with Crippen molar-refractivity contribution in [2.24, 2.45) is 0 Å². The minimum absolute atomic E-state index is 0.289. The van der Waals surface area contributed by atoms with E-state index in [2.05, 4.69) is 4.98 Å². The minimum atomic E-state index is 0.289. The minimum Gasteiger partial charge on any atom is -0.351 e. The van der Waals surface area contributed by atoms with Crippen LogP contribution in [0, 0.1) is 0 Å². The summed E-state index contributed by atoms with van der Waals surface area (Å²) >= 11 is 0. The van der Waals surface area contributed by atoms with Crippen molar-refractivity contribution in [3.8, 4) is 0 Å². The van der Waals surface area contributed by atoms with Crippen molar-refractivity contribution in [3.05, 3.63) is 18.7 Å². The van der Waals surface area contributed by atoms with Crippen molar-refractivity contribution < 1.29 is 4.74 Å². The van der Waals surface area contributed by atoms with Gasteiger partial charge in [-0.25, -0.2) is 4.98 Å². The smallest absolute Gasteiger partial charge is 0.158 e. The van der Waals surface area contributed by atoms with Gasteiger partial charge in [0.15, 0.2) is 6.23 Å². The van der Waals surface area contributed by atoms with Crippen LogP contribution < -0.4 is 0 Å². The van der Waals surface area contributed by atoms with E-state index >= 15 is 0 Å². The fraction of sp³-hybridized carbons (Fsp3) is 0.400. The van der Waals surface area contributed by atoms with Gasteiger partial charge in [0, 0.05) is 12.4 Å². The average molecular weight is 110 g/mol. The number of epoxide rings is 1. The number of aromatic nitrogens is 2. The van der Waals surface area contributed by atoms with E-state index in [4.69, 9.17) is 4.74 Å². The van der Waals surface area contributed by atoms with Gasteiger partial charge < -0.3 is 9.30 Å². The molecular weight excluding hydrogens is 104 g/mol. The zero-order valence-corrected chi connectivity index (χ0v) is 4.32. The van der Waals surface area contributed by atoms with E-state index in [1.54, 1.807) is 12.5 Å². The number of rotatable bonds is 1. The molecule has 42 valence electrons. The normalized spacial score (nSPS) is 25.8. The van der Waals surface area contributed by atoms with Crippen LogP contribution in [0.4, 0.5) is 0 Å². The Morgan fingerprint density at radius 2 is 2.62 bits per heavy atom. The molecule has 1 atom stereocenters. The standard InChI is InChI=1S/C5H6N2O/c1-2-7(4-6-1)5-3-8-5/h1-2,4-5H,3H2. The summed E-state index contributed by atoms with van der Waals surface area (Å²) in [5.74, 6) is 0. The molecule has 1 unspecified atom stereocenters. The molecule has 3 nitrogen and oxygen atoms in total. The highest BCUT2D eigenvalue weighted by atomic mass is 16.6. The SMILES string of the molecule is c1cn(C2CO2)cn1. The van der Waals surface area contributed by atoms with Crippen molar-refractivity contribution in [2.45, 2.75) is 6.23 Å². The van der Waals surface area contributed by atoms with Crippen LogP contribution in [0.15, 0.2) is 18.7 Å². The van der Waals surface area contributed by atoms with Crippen molar-refractivity contribution in [2.75, 3.05) is 6.61 Å². The second-order valence-corrected chi connectivity index (χ2v) is 1.80. The highest BCUT2D eigenvalue weighted by Gasteiger charge is 2.23. The number of nitrogens with zero attached hydrogens (tertiary/aromatic N) is 2. The zero-order valence-electron chi connectivity index (χ0n) is 4.32. The van der Waals surface area contributed by atoms with Crippen molar-refractivity contribution in [1.29, 1.82) is 0 Å². The van der Waals surface area contributed by atoms with Gasteiger partial charge in [0.1, 0.15) is 0 Å². The van der Waals surface area contributed by atoms with Crippen molar-refractivity contribution in [1.82, 2.24) is 9.55 Å². The van der Waals surface area contributed by atoms with Crippen molar-refractivity contribution in [3.63, 3.8) is 0 Å². The zero-order chi connectivity index (χ0) is 5.40. The predicted octanol–water partition coefficient (Wildman–Crippen LogP) is 0.412. The van der Waals surface area contributed by atoms with E-state index in [0.29, 0.717) is 0 Å². The molecule has 0 saturated carbocycles. The van der Waals surface area contributed by atoms with Gasteiger partial charge in [-0.15, -0.1) is 0 Å². The molecule has 1 saturated heterocycles. The molecule has 0 radical (unpaired) electrons. The topological polar surface area (TPSA) is 30.4 Å². The van der Waals surface area contributed by atoms with Crippen LogP contribution in [-0.4, -0.2) is 16.2 Å². The summed E-state index contributed by atoms with van der Waals surface area (Å²) in [6.45, 7) is 0.844. The maximum absolute atomic E-state index is 4.98. The number of hydrogen-bond acceptors (Lipinski definition) is 2. The molecule has 1 aromatic heterocycles. The van der Waals surface area contributed by atoms with Crippen LogP contribution in [0.3, 0.4) is 0 Å². The molecule has 0 N–H and O–H groups in total. The summed E-state index contributed by atoms with van der Waals surface area (Å²) in [4.78, 5) is 3.87. The molecule has 2 heterocycles. The number of hydrogen-bond donors (Lipinski definition) is 0. The summed E-state index contributed by atoms with van der Waals surface area (Å²) < 4.78 is 6.92. The first-order valence-corrected chi connectivity index (χ1v) is 2.56. The monoisotopic (exact) mass is 110 g/mol. The maximum atomic E-state index is 4.98. The van der Waals surface area contributed by atoms with E-state index < -0.39 is 0 Å². The van der Waals surface area contributed by atoms with E-state index in [-0.39, 0.29) is 6.23 Å². The average Bonchev–Trinajstić information content (AvgIpc) is 2.49. The fourth-order valence-electron chi connectivity index (χ4n) is 0.655. The molecule has 3 heteroatoms. The summed E-state index contributed by atoms with van der Waals surface area (Å²) in [5.41, 5.74) is 0. The van der Waals surface area contributed by atoms with Gasteiger partial charge in [0.2, 0.25) is 0 Å². The van der Waals surface area contributed by atoms with Crippen molar-refractivity contribution >= 4 is 0 Å². The predicted molar refractivity (Wildman–Crippen MR) is 27.2 cm³/mol. The van der Waals surface area contributed by atoms with E-state index in [1.165, 1.54) is 0 Å². The van der Waals surface area contributed by atoms with Gasteiger partial charge in [-0.1, -0.05) is 0 Å². The lowest BCUT2D eigenvalue weighted by molar-refractivity contribution is 0.354. The second-order valence-electron chi connectivity index (χ2n) is 1.80. The Kier molecular flexibility index (Phi) is 0.676. The summed E-state index contributed by atoms with van der Waals surface area (Å²) in [6.07, 6.45) is 5.70. The first kappa shape index (κ1) is 4.09. The second kappa shape index (κ2) is 1.32. The highest BCUT2D eigenvalue weighted by Crippen LogP contribution is 2.21. The van der Waals surface area contributed by atoms with E-state index in [1.807, 2.05) is 10.8 Å². The molecular formula is C5H6N2O. The van der Waals surface area contributed by atoms with Gasteiger partial charge in [0.25, 0.3) is 0 Å². The fourth-order valence-corrected chi connectivity index (χ4v) is 0.655. The Morgan fingerprint density at radius 3 is 3.12 bits per heavy atom. The first-order chi connectivity index (χ1) is 3.97. The van der Waals surface area contributed by atoms with Gasteiger partial charge >= 0.3 is 0 Å². The molecule has 0 spiro atoms. The Labute approximate surface area is 46.9 Å². The third kappa shape index (κ3) is 0.518. The maximum Gasteiger partial charge on any atom is 0.158 e. The third-order valence-electron chi connectivity index (χ3n) is 1.17. The molecule has 1 aromatic rings. The molecule has 1 aliphatic rings. The lowest BCUT2D eigenvalue weighted by atomic mass is 10.7. The Bertz CT molecular complexity index is 167. The van der Waals surface area contributed by atoms with Crippen LogP contribution in [0.25, 0.3) is 0 Å². The lowest BCUT2D eigenvalue weighted by Crippen LogP contribution is -1.87. The third-order valence-corrected chi connectivity index (χ3v) is 1.17. The largest absolute Gasteiger partial charge is 0.351 e. The molecule has 0 aliphatic carbocycles. The van der Waals surface area contributed by atoms with Crippen LogP contribution in [-0.2, 0) is 4.74 Å². The van der Waals surface area contributed by atoms with Gasteiger partial charge in [0.05, 0.1) is 12.9 Å². The van der Waals surface area contributed by atoms with Gasteiger partial charge in [-0.3, -0.25) is 0 Å². The molecule has 8 heavy (non-hydrogen) atoms. The molecule has 1 fully saturated rings. The quantitative estimate of drug-likeness (QED) is 0.490. The summed E-state index contributed by atoms with van der Waals surface area (Å²) in [7, 11) is 0. The highest BCUT2D eigenvalue weighted by molar-refractivity contribution is 4.80. The molecule has 0 aromatic carbocycles. The lowest BCUT2D eigenvalue weighted by Gasteiger charge is -1.88. The van der Waals surface area contributed by atoms with Crippen LogP contribution in [0.2, 0.25) is 0 Å². The Morgan fingerprint density at radius 1 is 1.75 bits per heavy atom. The molecule has 2 rings (SSSR count).